The number of carbonyl (C=O) groups is 2. The van der Waals surface area contributed by atoms with Crippen molar-refractivity contribution in [2.24, 2.45) is 4.99 Å². The summed E-state index contributed by atoms with van der Waals surface area (Å²) in [5.74, 6) is 0.541. The summed E-state index contributed by atoms with van der Waals surface area (Å²) in [6, 6.07) is 0.458. The zero-order valence-electron chi connectivity index (χ0n) is 16.8. The first kappa shape index (κ1) is 23.9. The third kappa shape index (κ3) is 7.41. The Morgan fingerprint density at radius 1 is 1.07 bits per heavy atom. The van der Waals surface area contributed by atoms with Crippen molar-refractivity contribution in [3.05, 3.63) is 0 Å². The van der Waals surface area contributed by atoms with Gasteiger partial charge in [-0.3, -0.25) is 14.5 Å². The molecule has 2 heterocycles. The largest absolute Gasteiger partial charge is 0.379 e. The predicted octanol–water partition coefficient (Wildman–Crippen LogP) is -0.867. The van der Waals surface area contributed by atoms with Crippen molar-refractivity contribution in [3.8, 4) is 0 Å². The highest BCUT2D eigenvalue weighted by molar-refractivity contribution is 14.0. The monoisotopic (exact) mass is 496 g/mol. The normalized spacial score (nSPS) is 20.8. The molecule has 1 atom stereocenters. The topological polar surface area (TPSA) is 80.7 Å². The number of aliphatic imine (C=N–C) groups is 1. The van der Waals surface area contributed by atoms with Gasteiger partial charge in [-0.1, -0.05) is 0 Å². The van der Waals surface area contributed by atoms with Gasteiger partial charge in [0, 0.05) is 60.4 Å². The summed E-state index contributed by atoms with van der Waals surface area (Å²) < 4.78 is 5.43. The van der Waals surface area contributed by atoms with Crippen molar-refractivity contribution in [1.29, 1.82) is 0 Å². The molecule has 0 radical (unpaired) electrons. The summed E-state index contributed by atoms with van der Waals surface area (Å²) in [6.45, 7) is 5.42. The number of halogens is 1. The smallest absolute Gasteiger partial charge is 0.243 e. The lowest BCUT2D eigenvalue weighted by Crippen LogP contribution is -2.48. The summed E-state index contributed by atoms with van der Waals surface area (Å²) in [5.41, 5.74) is 0. The third-order valence-corrected chi connectivity index (χ3v) is 4.78. The number of nitrogens with one attached hydrogen (secondary N) is 1. The molecule has 2 amide bonds. The molecule has 0 aliphatic carbocycles. The van der Waals surface area contributed by atoms with Crippen molar-refractivity contribution in [1.82, 2.24) is 24.9 Å². The van der Waals surface area contributed by atoms with Crippen LogP contribution in [-0.4, -0.2) is 124 Å². The molecule has 0 aromatic rings. The first-order valence-electron chi connectivity index (χ1n) is 9.14. The lowest BCUT2D eigenvalue weighted by atomic mass is 10.2. The van der Waals surface area contributed by atoms with E-state index >= 15 is 0 Å². The molecule has 2 aliphatic rings. The zero-order chi connectivity index (χ0) is 19.1. The van der Waals surface area contributed by atoms with E-state index in [0.717, 1.165) is 45.8 Å². The molecule has 0 bridgehead atoms. The van der Waals surface area contributed by atoms with Gasteiger partial charge < -0.3 is 24.8 Å². The molecule has 0 spiro atoms. The standard InChI is InChI=1S/C17H32N6O3.HI/c1-20(2)15(24)11-18-17(19-12-16(25)21(3)4)23-6-5-14(13-23)22-7-9-26-10-8-22;/h14H,5-13H2,1-4H3,(H,18,19);1H. The molecule has 1 unspecified atom stereocenters. The molecule has 1 N–H and O–H groups in total. The van der Waals surface area contributed by atoms with Crippen molar-refractivity contribution >= 4 is 41.8 Å². The minimum Gasteiger partial charge on any atom is -0.379 e. The van der Waals surface area contributed by atoms with Gasteiger partial charge in [0.2, 0.25) is 11.8 Å². The molecule has 27 heavy (non-hydrogen) atoms. The van der Waals surface area contributed by atoms with E-state index < -0.39 is 0 Å². The predicted molar refractivity (Wildman–Crippen MR) is 115 cm³/mol. The highest BCUT2D eigenvalue weighted by Crippen LogP contribution is 2.17. The average molecular weight is 496 g/mol. The van der Waals surface area contributed by atoms with Crippen LogP contribution in [0, 0.1) is 0 Å². The van der Waals surface area contributed by atoms with Crippen molar-refractivity contribution in [3.63, 3.8) is 0 Å². The number of hydrogen-bond donors (Lipinski definition) is 1. The van der Waals surface area contributed by atoms with E-state index in [4.69, 9.17) is 4.74 Å². The van der Waals surface area contributed by atoms with Gasteiger partial charge in [-0.05, 0) is 6.42 Å². The second-order valence-electron chi connectivity index (χ2n) is 7.11. The highest BCUT2D eigenvalue weighted by Gasteiger charge is 2.30. The first-order valence-corrected chi connectivity index (χ1v) is 9.14. The van der Waals surface area contributed by atoms with E-state index in [-0.39, 0.29) is 48.9 Å². The summed E-state index contributed by atoms with van der Waals surface area (Å²) in [5, 5.41) is 3.13. The molecule has 2 aliphatic heterocycles. The van der Waals surface area contributed by atoms with Gasteiger partial charge in [-0.25, -0.2) is 4.99 Å². The summed E-state index contributed by atoms with van der Waals surface area (Å²) in [4.78, 5) is 35.9. The van der Waals surface area contributed by atoms with Crippen LogP contribution >= 0.6 is 24.0 Å². The number of morpholine rings is 1. The number of rotatable bonds is 5. The Bertz CT molecular complexity index is 523. The van der Waals surface area contributed by atoms with Gasteiger partial charge in [0.1, 0.15) is 6.54 Å². The van der Waals surface area contributed by atoms with Gasteiger partial charge in [-0.15, -0.1) is 24.0 Å². The SMILES string of the molecule is CN(C)C(=O)CN=C(NCC(=O)N(C)C)N1CCC(N2CCOCC2)C1.I. The summed E-state index contributed by atoms with van der Waals surface area (Å²) >= 11 is 0. The number of hydrogen-bond acceptors (Lipinski definition) is 5. The molecular formula is C17H33IN6O3. The van der Waals surface area contributed by atoms with Crippen LogP contribution in [0.1, 0.15) is 6.42 Å². The lowest BCUT2D eigenvalue weighted by Gasteiger charge is -2.32. The Balaban J connectivity index is 0.00000364. The number of carbonyl (C=O) groups excluding carboxylic acids is 2. The van der Waals surface area contributed by atoms with Crippen LogP contribution in [-0.2, 0) is 14.3 Å². The zero-order valence-corrected chi connectivity index (χ0v) is 19.1. The lowest BCUT2D eigenvalue weighted by molar-refractivity contribution is -0.127. The van der Waals surface area contributed by atoms with E-state index in [1.807, 2.05) is 0 Å². The van der Waals surface area contributed by atoms with Crippen LogP contribution in [0.2, 0.25) is 0 Å². The molecule has 0 aromatic heterocycles. The van der Waals surface area contributed by atoms with E-state index in [9.17, 15) is 9.59 Å². The molecular weight excluding hydrogens is 463 g/mol. The van der Waals surface area contributed by atoms with Crippen molar-refractivity contribution < 1.29 is 14.3 Å². The Morgan fingerprint density at radius 2 is 1.70 bits per heavy atom. The molecule has 2 rings (SSSR count). The van der Waals surface area contributed by atoms with Crippen molar-refractivity contribution in [2.45, 2.75) is 12.5 Å². The molecule has 2 fully saturated rings. The van der Waals surface area contributed by atoms with Gasteiger partial charge in [0.25, 0.3) is 0 Å². The van der Waals surface area contributed by atoms with Crippen LogP contribution in [0.25, 0.3) is 0 Å². The molecule has 10 heteroatoms. The maximum atomic E-state index is 11.9. The quantitative estimate of drug-likeness (QED) is 0.303. The fourth-order valence-corrected chi connectivity index (χ4v) is 3.04. The van der Waals surface area contributed by atoms with Gasteiger partial charge in [0.05, 0.1) is 19.8 Å². The van der Waals surface area contributed by atoms with Gasteiger partial charge in [-0.2, -0.15) is 0 Å². The fraction of sp³-hybridized carbons (Fsp3) is 0.824. The highest BCUT2D eigenvalue weighted by atomic mass is 127. The van der Waals surface area contributed by atoms with Crippen LogP contribution in [0.5, 0.6) is 0 Å². The Kier molecular flexibility index (Phi) is 10.3. The average Bonchev–Trinajstić information content (AvgIpc) is 3.11. The second-order valence-corrected chi connectivity index (χ2v) is 7.11. The minimum atomic E-state index is -0.0628. The minimum absolute atomic E-state index is 0. The van der Waals surface area contributed by atoms with Crippen LogP contribution in [0.3, 0.4) is 0 Å². The van der Waals surface area contributed by atoms with E-state index in [1.54, 1.807) is 28.2 Å². The summed E-state index contributed by atoms with van der Waals surface area (Å²) in [6.07, 6.45) is 1.05. The van der Waals surface area contributed by atoms with Crippen molar-refractivity contribution in [2.75, 3.05) is 80.7 Å². The Labute approximate surface area is 179 Å². The van der Waals surface area contributed by atoms with E-state index in [2.05, 4.69) is 20.1 Å². The van der Waals surface area contributed by atoms with Crippen LogP contribution < -0.4 is 5.32 Å². The number of nitrogens with zero attached hydrogens (tertiary/aromatic N) is 5. The molecule has 9 nitrogen and oxygen atoms in total. The third-order valence-electron chi connectivity index (χ3n) is 4.78. The maximum Gasteiger partial charge on any atom is 0.243 e. The molecule has 0 aromatic carbocycles. The Hall–Kier alpha value is -1.14. The fourth-order valence-electron chi connectivity index (χ4n) is 3.04. The second kappa shape index (κ2) is 11.6. The van der Waals surface area contributed by atoms with Gasteiger partial charge >= 0.3 is 0 Å². The van der Waals surface area contributed by atoms with E-state index in [0.29, 0.717) is 12.0 Å². The number of likely N-dealkylation sites (tertiary alicyclic amines) is 1. The number of amides is 2. The first-order chi connectivity index (χ1) is 12.4. The van der Waals surface area contributed by atoms with Gasteiger partial charge in [0.15, 0.2) is 5.96 Å². The number of likely N-dealkylation sites (N-methyl/N-ethyl adjacent to an activating group) is 2. The number of guanidine groups is 1. The molecule has 0 saturated carbocycles. The van der Waals surface area contributed by atoms with Crippen LogP contribution in [0.15, 0.2) is 4.99 Å². The summed E-state index contributed by atoms with van der Waals surface area (Å²) in [7, 11) is 6.87. The molecule has 2 saturated heterocycles. The van der Waals surface area contributed by atoms with Crippen LogP contribution in [0.4, 0.5) is 0 Å². The van der Waals surface area contributed by atoms with E-state index in [1.165, 1.54) is 9.80 Å². The maximum absolute atomic E-state index is 11.9. The Morgan fingerprint density at radius 3 is 2.30 bits per heavy atom. The number of ether oxygens (including phenoxy) is 1. The molecule has 156 valence electrons.